The van der Waals surface area contributed by atoms with E-state index < -0.39 is 0 Å². The van der Waals surface area contributed by atoms with Crippen LogP contribution in [0.3, 0.4) is 0 Å². The Bertz CT molecular complexity index is 1350. The van der Waals surface area contributed by atoms with E-state index in [-0.39, 0.29) is 36.5 Å². The second-order valence-corrected chi connectivity index (χ2v) is 7.24. The van der Waals surface area contributed by atoms with Crippen molar-refractivity contribution in [1.29, 1.82) is 0 Å². The Morgan fingerprint density at radius 3 is 2.72 bits per heavy atom. The summed E-state index contributed by atoms with van der Waals surface area (Å²) in [6.07, 6.45) is 1.67. The summed E-state index contributed by atoms with van der Waals surface area (Å²) in [6.45, 7) is 2.24. The second kappa shape index (κ2) is 7.60. The summed E-state index contributed by atoms with van der Waals surface area (Å²) in [5.74, 6) is -0.222. The smallest absolute Gasteiger partial charge is 0.273 e. The van der Waals surface area contributed by atoms with Gasteiger partial charge in [0.25, 0.3) is 11.1 Å². The first-order valence-electron chi connectivity index (χ1n) is 9.09. The van der Waals surface area contributed by atoms with E-state index in [2.05, 4.69) is 10.4 Å². The van der Waals surface area contributed by atoms with Crippen molar-refractivity contribution in [2.75, 3.05) is 6.54 Å². The lowest BCUT2D eigenvalue weighted by Crippen LogP contribution is -2.35. The molecule has 0 saturated heterocycles. The number of halogens is 1. The van der Waals surface area contributed by atoms with Gasteiger partial charge in [-0.3, -0.25) is 19.5 Å². The fourth-order valence-corrected chi connectivity index (χ4v) is 3.45. The molecule has 4 rings (SSSR count). The van der Waals surface area contributed by atoms with Gasteiger partial charge in [-0.05, 0) is 36.8 Å². The summed E-state index contributed by atoms with van der Waals surface area (Å²) < 4.78 is 6.71. The number of hydrogen-bond donors (Lipinski definition) is 2. The first kappa shape index (κ1) is 19.0. The Morgan fingerprint density at radius 1 is 1.17 bits per heavy atom. The van der Waals surface area contributed by atoms with Crippen LogP contribution in [-0.2, 0) is 17.8 Å². The van der Waals surface area contributed by atoms with Crippen LogP contribution in [-0.4, -0.2) is 22.2 Å². The fraction of sp³-hybridized carbons (Fsp3) is 0.190. The van der Waals surface area contributed by atoms with Crippen molar-refractivity contribution >= 4 is 39.2 Å². The van der Waals surface area contributed by atoms with Crippen LogP contribution in [0, 0.1) is 6.92 Å². The highest BCUT2D eigenvalue weighted by Crippen LogP contribution is 2.27. The van der Waals surface area contributed by atoms with Crippen LogP contribution in [0.15, 0.2) is 56.7 Å². The number of nitrogens with one attached hydrogen (secondary N) is 2. The maximum absolute atomic E-state index is 12.5. The van der Waals surface area contributed by atoms with Gasteiger partial charge < -0.3 is 9.73 Å². The molecule has 29 heavy (non-hydrogen) atoms. The lowest BCUT2D eigenvalue weighted by molar-refractivity contribution is -0.120. The molecule has 4 aromatic rings. The summed E-state index contributed by atoms with van der Waals surface area (Å²) in [6, 6.07) is 10.2. The lowest BCUT2D eigenvalue weighted by Gasteiger charge is -2.08. The molecule has 0 fully saturated rings. The third kappa shape index (κ3) is 3.69. The molecule has 0 unspecified atom stereocenters. The molecular weight excluding hydrogens is 394 g/mol. The molecule has 0 bridgehead atoms. The van der Waals surface area contributed by atoms with Crippen molar-refractivity contribution in [3.63, 3.8) is 0 Å². The third-order valence-corrected chi connectivity index (χ3v) is 5.23. The number of furan rings is 1. The average molecular weight is 412 g/mol. The van der Waals surface area contributed by atoms with Crippen LogP contribution in [0.5, 0.6) is 0 Å². The van der Waals surface area contributed by atoms with Gasteiger partial charge in [0, 0.05) is 22.5 Å². The van der Waals surface area contributed by atoms with E-state index in [1.54, 1.807) is 36.6 Å². The molecular formula is C21H18ClN3O4. The van der Waals surface area contributed by atoms with Crippen LogP contribution in [0.1, 0.15) is 11.1 Å². The Kier molecular flexibility index (Phi) is 4.98. The van der Waals surface area contributed by atoms with Crippen LogP contribution in [0.4, 0.5) is 0 Å². The van der Waals surface area contributed by atoms with Crippen LogP contribution in [0.2, 0.25) is 5.02 Å². The van der Waals surface area contributed by atoms with Gasteiger partial charge in [0.1, 0.15) is 5.58 Å². The standard InChI is InChI=1S/C21H18ClN3O4/c1-12-8-18-16(10-17(12)22)13(11-29-18)9-19(26)23-6-7-25-21(28)15-5-3-2-4-14(15)20(27)24-25/h2-5,8,10-11H,6-7,9H2,1H3,(H,23,26)(H,24,27). The molecule has 0 atom stereocenters. The Morgan fingerprint density at radius 2 is 1.93 bits per heavy atom. The van der Waals surface area contributed by atoms with Gasteiger partial charge in [0.2, 0.25) is 5.91 Å². The highest BCUT2D eigenvalue weighted by atomic mass is 35.5. The molecule has 8 heteroatoms. The van der Waals surface area contributed by atoms with Gasteiger partial charge in [-0.2, -0.15) is 0 Å². The van der Waals surface area contributed by atoms with E-state index in [1.165, 1.54) is 4.68 Å². The fourth-order valence-electron chi connectivity index (χ4n) is 3.29. The third-order valence-electron chi connectivity index (χ3n) is 4.83. The summed E-state index contributed by atoms with van der Waals surface area (Å²) in [5.41, 5.74) is 1.66. The van der Waals surface area contributed by atoms with Crippen LogP contribution >= 0.6 is 11.6 Å². The number of aromatic nitrogens is 2. The number of hydrogen-bond acceptors (Lipinski definition) is 4. The van der Waals surface area contributed by atoms with Crippen LogP contribution < -0.4 is 16.4 Å². The topological polar surface area (TPSA) is 97.1 Å². The summed E-state index contributed by atoms with van der Waals surface area (Å²) in [7, 11) is 0. The Hall–Kier alpha value is -3.32. The van der Waals surface area contributed by atoms with Crippen molar-refractivity contribution < 1.29 is 9.21 Å². The summed E-state index contributed by atoms with van der Waals surface area (Å²) in [5, 5.41) is 7.40. The lowest BCUT2D eigenvalue weighted by atomic mass is 10.1. The van der Waals surface area contributed by atoms with Gasteiger partial charge in [-0.15, -0.1) is 0 Å². The van der Waals surface area contributed by atoms with Gasteiger partial charge in [-0.25, -0.2) is 4.68 Å². The zero-order valence-electron chi connectivity index (χ0n) is 15.6. The van der Waals surface area contributed by atoms with Crippen molar-refractivity contribution in [3.05, 3.63) is 79.5 Å². The van der Waals surface area contributed by atoms with Crippen molar-refractivity contribution in [1.82, 2.24) is 15.1 Å². The molecule has 2 heterocycles. The number of benzene rings is 2. The minimum Gasteiger partial charge on any atom is -0.464 e. The number of amides is 1. The zero-order valence-corrected chi connectivity index (χ0v) is 16.4. The number of H-pyrrole nitrogens is 1. The minimum absolute atomic E-state index is 0.121. The molecule has 2 aromatic heterocycles. The predicted octanol–water partition coefficient (Wildman–Crippen LogP) is 2.76. The van der Waals surface area contributed by atoms with Crippen molar-refractivity contribution in [2.45, 2.75) is 19.9 Å². The highest BCUT2D eigenvalue weighted by Gasteiger charge is 2.12. The quantitative estimate of drug-likeness (QED) is 0.527. The van der Waals surface area contributed by atoms with Gasteiger partial charge in [0.05, 0.1) is 30.0 Å². The van der Waals surface area contributed by atoms with Crippen LogP contribution in [0.25, 0.3) is 21.7 Å². The molecule has 0 radical (unpaired) electrons. The van der Waals surface area contributed by atoms with Gasteiger partial charge >= 0.3 is 0 Å². The number of rotatable bonds is 5. The minimum atomic E-state index is -0.344. The molecule has 2 aromatic carbocycles. The molecule has 0 aliphatic carbocycles. The molecule has 0 aliphatic heterocycles. The van der Waals surface area contributed by atoms with E-state index in [4.69, 9.17) is 16.0 Å². The number of fused-ring (bicyclic) bond motifs is 2. The van der Waals surface area contributed by atoms with E-state index in [1.807, 2.05) is 13.0 Å². The molecule has 7 nitrogen and oxygen atoms in total. The number of aryl methyl sites for hydroxylation is 1. The van der Waals surface area contributed by atoms with E-state index in [9.17, 15) is 14.4 Å². The monoisotopic (exact) mass is 411 g/mol. The molecule has 0 aliphatic rings. The van der Waals surface area contributed by atoms with Crippen molar-refractivity contribution in [2.24, 2.45) is 0 Å². The average Bonchev–Trinajstić information content (AvgIpc) is 3.07. The summed E-state index contributed by atoms with van der Waals surface area (Å²) >= 11 is 6.17. The number of aromatic amines is 1. The largest absolute Gasteiger partial charge is 0.464 e. The highest BCUT2D eigenvalue weighted by molar-refractivity contribution is 6.32. The van der Waals surface area contributed by atoms with Gasteiger partial charge in [-0.1, -0.05) is 23.7 Å². The second-order valence-electron chi connectivity index (χ2n) is 6.83. The molecule has 0 spiro atoms. The zero-order chi connectivity index (χ0) is 20.5. The molecule has 1 amide bonds. The maximum atomic E-state index is 12.5. The Balaban J connectivity index is 1.44. The SMILES string of the molecule is Cc1cc2occ(CC(=O)NCCn3[nH]c(=O)c4ccccc4c3=O)c2cc1Cl. The number of nitrogens with zero attached hydrogens (tertiary/aromatic N) is 1. The van der Waals surface area contributed by atoms with E-state index >= 15 is 0 Å². The normalized spacial score (nSPS) is 11.2. The predicted molar refractivity (Wildman–Crippen MR) is 112 cm³/mol. The molecule has 148 valence electrons. The number of carbonyl (C=O) groups is 1. The van der Waals surface area contributed by atoms with E-state index in [0.717, 1.165) is 16.5 Å². The number of carbonyl (C=O) groups excluding carboxylic acids is 1. The first-order valence-corrected chi connectivity index (χ1v) is 9.46. The van der Waals surface area contributed by atoms with E-state index in [0.29, 0.717) is 21.4 Å². The molecule has 2 N–H and O–H groups in total. The first-order chi connectivity index (χ1) is 13.9. The Labute approximate surface area is 169 Å². The molecule has 0 saturated carbocycles. The van der Waals surface area contributed by atoms with Gasteiger partial charge in [0.15, 0.2) is 0 Å². The maximum Gasteiger partial charge on any atom is 0.273 e. The van der Waals surface area contributed by atoms with Crippen molar-refractivity contribution in [3.8, 4) is 0 Å². The summed E-state index contributed by atoms with van der Waals surface area (Å²) in [4.78, 5) is 36.9.